The number of anilines is 2. The Balaban J connectivity index is 1.55. The number of carbonyl (C=O) groups is 1. The van der Waals surface area contributed by atoms with Crippen LogP contribution in [0.3, 0.4) is 0 Å². The maximum Gasteiger partial charge on any atom is 0.321 e. The average Bonchev–Trinajstić information content (AvgIpc) is 3.31. The Morgan fingerprint density at radius 2 is 2.00 bits per heavy atom. The fourth-order valence-corrected chi connectivity index (χ4v) is 3.25. The fourth-order valence-electron chi connectivity index (χ4n) is 3.25. The van der Waals surface area contributed by atoms with Gasteiger partial charge in [0.25, 0.3) is 0 Å². The van der Waals surface area contributed by atoms with E-state index in [1.54, 1.807) is 0 Å². The minimum Gasteiger partial charge on any atom is -0.357 e. The van der Waals surface area contributed by atoms with E-state index in [-0.39, 0.29) is 6.03 Å². The van der Waals surface area contributed by atoms with Gasteiger partial charge in [0.1, 0.15) is 5.82 Å². The maximum atomic E-state index is 11.6. The molecule has 0 bridgehead atoms. The van der Waals surface area contributed by atoms with Gasteiger partial charge in [-0.1, -0.05) is 6.07 Å². The van der Waals surface area contributed by atoms with Crippen molar-refractivity contribution in [3.05, 3.63) is 36.5 Å². The summed E-state index contributed by atoms with van der Waals surface area (Å²) in [5, 5.41) is 5.38. The lowest BCUT2D eigenvalue weighted by atomic mass is 10.1. The molecule has 26 heavy (non-hydrogen) atoms. The number of aromatic amines is 1. The van der Waals surface area contributed by atoms with Crippen LogP contribution in [0.1, 0.15) is 19.8 Å². The summed E-state index contributed by atoms with van der Waals surface area (Å²) in [7, 11) is 0. The number of nitrogens with zero attached hydrogens (tertiary/aromatic N) is 3. The maximum absolute atomic E-state index is 11.6. The molecule has 0 aliphatic carbocycles. The van der Waals surface area contributed by atoms with Crippen molar-refractivity contribution in [1.29, 1.82) is 0 Å². The number of imidazole rings is 1. The van der Waals surface area contributed by atoms with Gasteiger partial charge in [-0.05, 0) is 49.6 Å². The monoisotopic (exact) mass is 350 g/mol. The van der Waals surface area contributed by atoms with Gasteiger partial charge in [-0.15, -0.1) is 0 Å². The van der Waals surface area contributed by atoms with Gasteiger partial charge in [0.2, 0.25) is 5.95 Å². The van der Waals surface area contributed by atoms with E-state index < -0.39 is 0 Å². The number of aromatic nitrogens is 3. The van der Waals surface area contributed by atoms with Gasteiger partial charge in [0.05, 0.1) is 11.0 Å². The Hall–Kier alpha value is -3.09. The van der Waals surface area contributed by atoms with E-state index in [1.165, 1.54) is 12.8 Å². The predicted octanol–water partition coefficient (Wildman–Crippen LogP) is 3.37. The molecule has 1 fully saturated rings. The predicted molar refractivity (Wildman–Crippen MR) is 103 cm³/mol. The summed E-state index contributed by atoms with van der Waals surface area (Å²) < 4.78 is 0. The van der Waals surface area contributed by atoms with Crippen molar-refractivity contribution in [2.45, 2.75) is 19.8 Å². The second-order valence-corrected chi connectivity index (χ2v) is 6.40. The quantitative estimate of drug-likeness (QED) is 0.673. The number of H-pyrrole nitrogens is 1. The Labute approximate surface area is 151 Å². The van der Waals surface area contributed by atoms with Gasteiger partial charge in [-0.25, -0.2) is 14.8 Å². The van der Waals surface area contributed by atoms with Crippen molar-refractivity contribution < 1.29 is 4.79 Å². The summed E-state index contributed by atoms with van der Waals surface area (Å²) in [4.78, 5) is 26.1. The molecule has 3 N–H and O–H groups in total. The first-order valence-electron chi connectivity index (χ1n) is 8.99. The van der Waals surface area contributed by atoms with Crippen LogP contribution in [0.2, 0.25) is 0 Å². The van der Waals surface area contributed by atoms with Gasteiger partial charge in [-0.3, -0.25) is 5.32 Å². The van der Waals surface area contributed by atoms with Crippen LogP contribution in [0.25, 0.3) is 22.2 Å². The topological polar surface area (TPSA) is 85.9 Å². The highest BCUT2D eigenvalue weighted by molar-refractivity contribution is 5.90. The Kier molecular flexibility index (Phi) is 4.43. The minimum absolute atomic E-state index is 0.270. The summed E-state index contributed by atoms with van der Waals surface area (Å²) in [5.74, 6) is 1.48. The summed E-state index contributed by atoms with van der Waals surface area (Å²) in [6.45, 7) is 4.62. The number of fused-ring (bicyclic) bond motifs is 1. The van der Waals surface area contributed by atoms with E-state index in [0.29, 0.717) is 12.5 Å². The van der Waals surface area contributed by atoms with E-state index in [9.17, 15) is 4.79 Å². The van der Waals surface area contributed by atoms with Crippen molar-refractivity contribution in [2.24, 2.45) is 0 Å². The SMILES string of the molecule is CCNC(=O)Nc1nc2ccc(-c3ccc(N4CCCC4)nc3)cc2[nH]1. The number of carbonyl (C=O) groups excluding carboxylic acids is 1. The molecule has 0 radical (unpaired) electrons. The first-order chi connectivity index (χ1) is 12.7. The molecule has 0 unspecified atom stereocenters. The Morgan fingerprint density at radius 1 is 1.19 bits per heavy atom. The summed E-state index contributed by atoms with van der Waals surface area (Å²) in [6, 6.07) is 9.90. The molecule has 4 rings (SSSR count). The highest BCUT2D eigenvalue weighted by Gasteiger charge is 2.13. The second kappa shape index (κ2) is 7.03. The van der Waals surface area contributed by atoms with E-state index in [0.717, 1.165) is 41.1 Å². The zero-order valence-electron chi connectivity index (χ0n) is 14.7. The number of nitrogens with one attached hydrogen (secondary N) is 3. The molecule has 0 spiro atoms. The normalized spacial score (nSPS) is 14.0. The third-order valence-electron chi connectivity index (χ3n) is 4.56. The first-order valence-corrected chi connectivity index (χ1v) is 8.99. The van der Waals surface area contributed by atoms with Crippen molar-refractivity contribution in [3.8, 4) is 11.1 Å². The molecule has 0 saturated carbocycles. The van der Waals surface area contributed by atoms with Crippen LogP contribution in [-0.2, 0) is 0 Å². The smallest absolute Gasteiger partial charge is 0.321 e. The van der Waals surface area contributed by atoms with Crippen molar-refractivity contribution in [3.63, 3.8) is 0 Å². The highest BCUT2D eigenvalue weighted by Crippen LogP contribution is 2.26. The summed E-state index contributed by atoms with van der Waals surface area (Å²) >= 11 is 0. The molecule has 0 atom stereocenters. The van der Waals surface area contributed by atoms with Gasteiger partial charge in [0, 0.05) is 31.4 Å². The van der Waals surface area contributed by atoms with Crippen LogP contribution in [0, 0.1) is 0 Å². The zero-order valence-corrected chi connectivity index (χ0v) is 14.7. The lowest BCUT2D eigenvalue weighted by Gasteiger charge is -2.16. The molecule has 1 saturated heterocycles. The third kappa shape index (κ3) is 3.33. The van der Waals surface area contributed by atoms with Crippen LogP contribution >= 0.6 is 0 Å². The fraction of sp³-hybridized carbons (Fsp3) is 0.316. The number of pyridine rings is 1. The number of benzene rings is 1. The Morgan fingerprint density at radius 3 is 2.73 bits per heavy atom. The van der Waals surface area contributed by atoms with Crippen molar-refractivity contribution in [2.75, 3.05) is 29.9 Å². The molecule has 2 aromatic heterocycles. The van der Waals surface area contributed by atoms with Gasteiger partial charge < -0.3 is 15.2 Å². The second-order valence-electron chi connectivity index (χ2n) is 6.40. The van der Waals surface area contributed by atoms with Crippen molar-refractivity contribution in [1.82, 2.24) is 20.3 Å². The van der Waals surface area contributed by atoms with Gasteiger partial charge in [0.15, 0.2) is 0 Å². The van der Waals surface area contributed by atoms with Crippen LogP contribution in [0.15, 0.2) is 36.5 Å². The zero-order chi connectivity index (χ0) is 17.9. The molecule has 1 aliphatic heterocycles. The molecule has 134 valence electrons. The van der Waals surface area contributed by atoms with Crippen molar-refractivity contribution >= 4 is 28.8 Å². The molecule has 1 aromatic carbocycles. The van der Waals surface area contributed by atoms with Crippen LogP contribution in [0.5, 0.6) is 0 Å². The van der Waals surface area contributed by atoms with Gasteiger partial charge >= 0.3 is 6.03 Å². The number of amides is 2. The Bertz CT molecular complexity index is 911. The number of rotatable bonds is 4. The molecule has 7 nitrogen and oxygen atoms in total. The van der Waals surface area contributed by atoms with E-state index in [2.05, 4.69) is 42.6 Å². The lowest BCUT2D eigenvalue weighted by molar-refractivity contribution is 0.252. The minimum atomic E-state index is -0.270. The van der Waals surface area contributed by atoms with Crippen LogP contribution < -0.4 is 15.5 Å². The molecule has 3 heterocycles. The number of urea groups is 1. The first kappa shape index (κ1) is 16.4. The molecule has 7 heteroatoms. The third-order valence-corrected chi connectivity index (χ3v) is 4.56. The average molecular weight is 350 g/mol. The lowest BCUT2D eigenvalue weighted by Crippen LogP contribution is -2.28. The summed E-state index contributed by atoms with van der Waals surface area (Å²) in [5.41, 5.74) is 3.80. The molecular weight excluding hydrogens is 328 g/mol. The highest BCUT2D eigenvalue weighted by atomic mass is 16.2. The van der Waals surface area contributed by atoms with E-state index >= 15 is 0 Å². The number of hydrogen-bond acceptors (Lipinski definition) is 4. The molecule has 1 aliphatic rings. The van der Waals surface area contributed by atoms with Gasteiger partial charge in [-0.2, -0.15) is 0 Å². The van der Waals surface area contributed by atoms with Crippen LogP contribution in [0.4, 0.5) is 16.6 Å². The van der Waals surface area contributed by atoms with Crippen LogP contribution in [-0.4, -0.2) is 40.6 Å². The largest absolute Gasteiger partial charge is 0.357 e. The summed E-state index contributed by atoms with van der Waals surface area (Å²) in [6.07, 6.45) is 4.40. The molecular formula is C19H22N6O. The molecule has 3 aromatic rings. The standard InChI is InChI=1S/C19H22N6O/c1-2-20-19(26)24-18-22-15-7-5-13(11-16(15)23-18)14-6-8-17(21-12-14)25-9-3-4-10-25/h5-8,11-12H,2-4,9-10H2,1H3,(H3,20,22,23,24,26). The van der Waals surface area contributed by atoms with E-state index in [4.69, 9.17) is 0 Å². The number of hydrogen-bond donors (Lipinski definition) is 3. The van der Waals surface area contributed by atoms with E-state index in [1.807, 2.05) is 31.3 Å². The molecule has 2 amide bonds.